The van der Waals surface area contributed by atoms with E-state index < -0.39 is 46.2 Å². The Labute approximate surface area is 294 Å². The molecule has 2 amide bonds. The van der Waals surface area contributed by atoms with Gasteiger partial charge in [0.15, 0.2) is 0 Å². The second-order valence-electron chi connectivity index (χ2n) is 11.4. The number of benzene rings is 4. The highest BCUT2D eigenvalue weighted by Crippen LogP contribution is 2.34. The molecule has 0 spiro atoms. The van der Waals surface area contributed by atoms with Crippen LogP contribution in [0.1, 0.15) is 42.0 Å². The molecule has 0 aliphatic rings. The minimum atomic E-state index is -4.79. The fourth-order valence-corrected chi connectivity index (χ4v) is 7.04. The van der Waals surface area contributed by atoms with Crippen LogP contribution in [0.15, 0.2) is 102 Å². The number of anilines is 1. The maximum absolute atomic E-state index is 14.6. The van der Waals surface area contributed by atoms with Crippen LogP contribution in [0, 0.1) is 6.92 Å². The summed E-state index contributed by atoms with van der Waals surface area (Å²) in [6.45, 7) is 2.80. The lowest BCUT2D eigenvalue weighted by atomic mass is 10.0. The largest absolute Gasteiger partial charge is 0.416 e. The zero-order valence-corrected chi connectivity index (χ0v) is 29.2. The second-order valence-corrected chi connectivity index (χ2v) is 14.1. The first-order valence-corrected chi connectivity index (χ1v) is 17.7. The number of rotatable bonds is 14. The van der Waals surface area contributed by atoms with E-state index in [9.17, 15) is 31.2 Å². The lowest BCUT2D eigenvalue weighted by Crippen LogP contribution is -2.53. The summed E-state index contributed by atoms with van der Waals surface area (Å²) in [5.41, 5.74) is 0.292. The van der Waals surface area contributed by atoms with Crippen molar-refractivity contribution in [3.8, 4) is 0 Å². The van der Waals surface area contributed by atoms with E-state index >= 15 is 0 Å². The number of hydrogen-bond donors (Lipinski definition) is 1. The van der Waals surface area contributed by atoms with Crippen molar-refractivity contribution in [3.63, 3.8) is 0 Å². The molecule has 0 heterocycles. The third kappa shape index (κ3) is 9.77. The van der Waals surface area contributed by atoms with Crippen molar-refractivity contribution in [1.82, 2.24) is 10.2 Å². The first kappa shape index (κ1) is 37.8. The Morgan fingerprint density at radius 2 is 1.51 bits per heavy atom. The van der Waals surface area contributed by atoms with Gasteiger partial charge in [0.05, 0.1) is 16.1 Å². The summed E-state index contributed by atoms with van der Waals surface area (Å²) >= 11 is 13.0. The highest BCUT2D eigenvalue weighted by Gasteiger charge is 2.37. The predicted octanol–water partition coefficient (Wildman–Crippen LogP) is 8.07. The molecule has 0 aliphatic heterocycles. The van der Waals surface area contributed by atoms with Crippen molar-refractivity contribution in [3.05, 3.63) is 129 Å². The third-order valence-corrected chi connectivity index (χ3v) is 10.3. The van der Waals surface area contributed by atoms with Crippen molar-refractivity contribution in [1.29, 1.82) is 0 Å². The van der Waals surface area contributed by atoms with Crippen molar-refractivity contribution >= 4 is 50.7 Å². The molecule has 0 fully saturated rings. The number of amides is 2. The van der Waals surface area contributed by atoms with Crippen LogP contribution in [0.25, 0.3) is 0 Å². The standard InChI is InChI=1S/C36H36Cl2F3N3O4S/c1-3-4-20-42-35(46)33(21-26-10-6-5-7-11-26)43(23-30-31(37)14-9-15-32(30)38)34(45)24-44(28-13-8-12-27(22-28)36(39,40)41)49(47,48)29-18-16-25(2)17-19-29/h5-19,22,33H,3-4,20-21,23-24H2,1-2H3,(H,42,46)/t33-/m0/s1. The average Bonchev–Trinajstić information content (AvgIpc) is 3.06. The molecule has 0 aromatic heterocycles. The van der Waals surface area contributed by atoms with Crippen molar-refractivity contribution in [2.75, 3.05) is 17.4 Å². The number of halogens is 5. The molecule has 0 saturated heterocycles. The van der Waals surface area contributed by atoms with Gasteiger partial charge in [-0.3, -0.25) is 13.9 Å². The van der Waals surface area contributed by atoms with Crippen LogP contribution in [-0.4, -0.2) is 44.3 Å². The maximum atomic E-state index is 14.6. The predicted molar refractivity (Wildman–Crippen MR) is 186 cm³/mol. The Hall–Kier alpha value is -4.06. The minimum absolute atomic E-state index is 0.0425. The zero-order valence-electron chi connectivity index (χ0n) is 26.9. The quantitative estimate of drug-likeness (QED) is 0.133. The molecule has 0 aliphatic carbocycles. The molecule has 4 aromatic rings. The lowest BCUT2D eigenvalue weighted by molar-refractivity contribution is -0.140. The monoisotopic (exact) mass is 733 g/mol. The van der Waals surface area contributed by atoms with Crippen molar-refractivity contribution < 1.29 is 31.2 Å². The van der Waals surface area contributed by atoms with Crippen molar-refractivity contribution in [2.24, 2.45) is 0 Å². The van der Waals surface area contributed by atoms with Gasteiger partial charge in [-0.25, -0.2) is 8.42 Å². The Kier molecular flexibility index (Phi) is 12.8. The number of aryl methyl sites for hydroxylation is 1. The van der Waals surface area contributed by atoms with Gasteiger partial charge in [-0.2, -0.15) is 13.2 Å². The van der Waals surface area contributed by atoms with E-state index in [1.54, 1.807) is 67.6 Å². The molecular formula is C36H36Cl2F3N3O4S. The average molecular weight is 735 g/mol. The molecule has 49 heavy (non-hydrogen) atoms. The van der Waals surface area contributed by atoms with Gasteiger partial charge in [-0.05, 0) is 61.4 Å². The van der Waals surface area contributed by atoms with Crippen molar-refractivity contribution in [2.45, 2.75) is 56.8 Å². The van der Waals surface area contributed by atoms with Gasteiger partial charge >= 0.3 is 6.18 Å². The molecule has 13 heteroatoms. The molecule has 260 valence electrons. The van der Waals surface area contributed by atoms with Gasteiger partial charge in [0.25, 0.3) is 10.0 Å². The second kappa shape index (κ2) is 16.6. The number of nitrogens with zero attached hydrogens (tertiary/aromatic N) is 2. The van der Waals surface area contributed by atoms with Crippen LogP contribution in [0.5, 0.6) is 0 Å². The summed E-state index contributed by atoms with van der Waals surface area (Å²) in [6, 6.07) is 22.0. The Bertz CT molecular complexity index is 1840. The van der Waals surface area contributed by atoms with E-state index in [2.05, 4.69) is 5.32 Å². The van der Waals surface area contributed by atoms with Crippen LogP contribution in [0.4, 0.5) is 18.9 Å². The molecule has 7 nitrogen and oxygen atoms in total. The molecule has 0 unspecified atom stereocenters. The molecule has 1 atom stereocenters. The first-order chi connectivity index (χ1) is 23.2. The van der Waals surface area contributed by atoms with Gasteiger partial charge in [0.1, 0.15) is 12.6 Å². The van der Waals surface area contributed by atoms with Crippen LogP contribution in [-0.2, 0) is 38.8 Å². The van der Waals surface area contributed by atoms with Gasteiger partial charge in [-0.1, -0.05) is 96.7 Å². The summed E-state index contributed by atoms with van der Waals surface area (Å²) < 4.78 is 70.4. The summed E-state index contributed by atoms with van der Waals surface area (Å²) in [5.74, 6) is -1.36. The SMILES string of the molecule is CCCCNC(=O)[C@H](Cc1ccccc1)N(Cc1c(Cl)cccc1Cl)C(=O)CN(c1cccc(C(F)(F)F)c1)S(=O)(=O)c1ccc(C)cc1. The van der Waals surface area contributed by atoms with Gasteiger partial charge in [0, 0.05) is 35.1 Å². The molecule has 0 saturated carbocycles. The number of unbranched alkanes of at least 4 members (excludes halogenated alkanes) is 1. The number of carbonyl (C=O) groups excluding carboxylic acids is 2. The van der Waals surface area contributed by atoms with E-state index in [-0.39, 0.29) is 33.6 Å². The minimum Gasteiger partial charge on any atom is -0.354 e. The van der Waals surface area contributed by atoms with Gasteiger partial charge in [-0.15, -0.1) is 0 Å². The summed E-state index contributed by atoms with van der Waals surface area (Å²) in [5, 5.41) is 3.28. The summed E-state index contributed by atoms with van der Waals surface area (Å²) in [4.78, 5) is 29.4. The highest BCUT2D eigenvalue weighted by molar-refractivity contribution is 7.92. The number of hydrogen-bond acceptors (Lipinski definition) is 4. The Morgan fingerprint density at radius 1 is 0.878 bits per heavy atom. The molecule has 4 rings (SSSR count). The maximum Gasteiger partial charge on any atom is 0.416 e. The van der Waals surface area contributed by atoms with Gasteiger partial charge < -0.3 is 10.2 Å². The topological polar surface area (TPSA) is 86.8 Å². The Balaban J connectivity index is 1.86. The third-order valence-electron chi connectivity index (χ3n) is 7.84. The first-order valence-electron chi connectivity index (χ1n) is 15.5. The van der Waals surface area contributed by atoms with E-state index in [0.717, 1.165) is 24.1 Å². The van der Waals surface area contributed by atoms with E-state index in [0.29, 0.717) is 34.5 Å². The van der Waals surface area contributed by atoms with Crippen LogP contribution < -0.4 is 9.62 Å². The smallest absolute Gasteiger partial charge is 0.354 e. The lowest BCUT2D eigenvalue weighted by Gasteiger charge is -2.34. The normalized spacial score (nSPS) is 12.3. The molecule has 0 radical (unpaired) electrons. The van der Waals surface area contributed by atoms with E-state index in [4.69, 9.17) is 23.2 Å². The molecule has 4 aromatic carbocycles. The van der Waals surface area contributed by atoms with Crippen LogP contribution in [0.2, 0.25) is 10.0 Å². The number of carbonyl (C=O) groups is 2. The Morgan fingerprint density at radius 3 is 2.12 bits per heavy atom. The number of sulfonamides is 1. The van der Waals surface area contributed by atoms with Gasteiger partial charge in [0.2, 0.25) is 11.8 Å². The molecule has 0 bridgehead atoms. The van der Waals surface area contributed by atoms with Crippen LogP contribution in [0.3, 0.4) is 0 Å². The molecular weight excluding hydrogens is 698 g/mol. The fraction of sp³-hybridized carbons (Fsp3) is 0.278. The van der Waals surface area contributed by atoms with E-state index in [1.165, 1.54) is 23.1 Å². The van der Waals surface area contributed by atoms with E-state index in [1.807, 2.05) is 6.92 Å². The highest BCUT2D eigenvalue weighted by atomic mass is 35.5. The van der Waals surface area contributed by atoms with Crippen LogP contribution >= 0.6 is 23.2 Å². The summed E-state index contributed by atoms with van der Waals surface area (Å²) in [7, 11) is -4.61. The zero-order chi connectivity index (χ0) is 35.8. The molecule has 1 N–H and O–H groups in total. The fourth-order valence-electron chi connectivity index (χ4n) is 5.12. The number of alkyl halides is 3. The summed E-state index contributed by atoms with van der Waals surface area (Å²) in [6.07, 6.45) is -3.28. The number of nitrogens with one attached hydrogen (secondary N) is 1.